The molecule has 0 saturated carbocycles. The third-order valence-corrected chi connectivity index (χ3v) is 3.08. The zero-order chi connectivity index (χ0) is 14.4. The predicted molar refractivity (Wildman–Crippen MR) is 80.7 cm³/mol. The molecule has 20 heavy (non-hydrogen) atoms. The van der Waals surface area contributed by atoms with Crippen LogP contribution >= 0.6 is 11.6 Å². The number of benzene rings is 1. The van der Waals surface area contributed by atoms with Crippen molar-refractivity contribution in [2.45, 2.75) is 6.42 Å². The van der Waals surface area contributed by atoms with E-state index in [-0.39, 0.29) is 5.84 Å². The molecule has 0 amide bonds. The van der Waals surface area contributed by atoms with Crippen LogP contribution in [0.2, 0.25) is 5.02 Å². The van der Waals surface area contributed by atoms with Crippen molar-refractivity contribution in [3.63, 3.8) is 0 Å². The van der Waals surface area contributed by atoms with Crippen LogP contribution in [0, 0.1) is 0 Å². The fourth-order valence-electron chi connectivity index (χ4n) is 1.82. The van der Waals surface area contributed by atoms with Gasteiger partial charge in [-0.2, -0.15) is 0 Å². The fourth-order valence-corrected chi connectivity index (χ4v) is 2.04. The van der Waals surface area contributed by atoms with E-state index in [1.807, 2.05) is 35.2 Å². The van der Waals surface area contributed by atoms with Crippen LogP contribution < -0.4 is 10.6 Å². The van der Waals surface area contributed by atoms with Crippen LogP contribution in [0.25, 0.3) is 0 Å². The minimum absolute atomic E-state index is 0.165. The average Bonchev–Trinajstić information content (AvgIpc) is 2.50. The van der Waals surface area contributed by atoms with Crippen LogP contribution in [-0.2, 0) is 0 Å². The fraction of sp³-hybridized carbons (Fsp3) is 0.143. The minimum atomic E-state index is 0.165. The smallest absolute Gasteiger partial charge is 0.151 e. The summed E-state index contributed by atoms with van der Waals surface area (Å²) in [6.07, 6.45) is 2.08. The van der Waals surface area contributed by atoms with Crippen molar-refractivity contribution in [3.05, 3.63) is 53.7 Å². The number of para-hydroxylation sites is 1. The van der Waals surface area contributed by atoms with E-state index in [0.717, 1.165) is 5.69 Å². The van der Waals surface area contributed by atoms with Crippen LogP contribution in [0.1, 0.15) is 6.42 Å². The standard InChI is InChI=1S/C14H15ClN4O/c15-12-7-4-9-17-14(12)19(10-8-13(16)18-20)11-5-2-1-3-6-11/h1-7,9,20H,8,10H2,(H2,16,18). The molecular weight excluding hydrogens is 276 g/mol. The van der Waals surface area contributed by atoms with Gasteiger partial charge in [0.15, 0.2) is 5.82 Å². The second-order valence-corrected chi connectivity index (χ2v) is 4.54. The van der Waals surface area contributed by atoms with Gasteiger partial charge in [-0.05, 0) is 24.3 Å². The van der Waals surface area contributed by atoms with Crippen molar-refractivity contribution in [2.75, 3.05) is 11.4 Å². The molecule has 2 aromatic rings. The van der Waals surface area contributed by atoms with Gasteiger partial charge < -0.3 is 15.8 Å². The largest absolute Gasteiger partial charge is 0.409 e. The Hall–Kier alpha value is -2.27. The summed E-state index contributed by atoms with van der Waals surface area (Å²) in [4.78, 5) is 6.24. The second kappa shape index (κ2) is 6.77. The summed E-state index contributed by atoms with van der Waals surface area (Å²) < 4.78 is 0. The molecule has 0 aliphatic rings. The van der Waals surface area contributed by atoms with Gasteiger partial charge in [-0.25, -0.2) is 4.98 Å². The minimum Gasteiger partial charge on any atom is -0.409 e. The summed E-state index contributed by atoms with van der Waals surface area (Å²) >= 11 is 6.20. The molecule has 6 heteroatoms. The zero-order valence-corrected chi connectivity index (χ0v) is 11.5. The number of oxime groups is 1. The summed E-state index contributed by atoms with van der Waals surface area (Å²) in [5.41, 5.74) is 6.48. The van der Waals surface area contributed by atoms with Gasteiger partial charge in [0.05, 0.1) is 5.02 Å². The maximum atomic E-state index is 8.65. The highest BCUT2D eigenvalue weighted by Gasteiger charge is 2.14. The topological polar surface area (TPSA) is 74.7 Å². The Morgan fingerprint density at radius 2 is 2.00 bits per heavy atom. The first-order chi connectivity index (χ1) is 9.72. The van der Waals surface area contributed by atoms with Crippen LogP contribution in [-0.4, -0.2) is 22.6 Å². The second-order valence-electron chi connectivity index (χ2n) is 4.14. The Bertz CT molecular complexity index is 589. The van der Waals surface area contributed by atoms with Crippen LogP contribution in [0.15, 0.2) is 53.8 Å². The van der Waals surface area contributed by atoms with Gasteiger partial charge >= 0.3 is 0 Å². The molecule has 1 aromatic carbocycles. The number of nitrogens with zero attached hydrogens (tertiary/aromatic N) is 3. The van der Waals surface area contributed by atoms with E-state index in [1.54, 1.807) is 18.3 Å². The van der Waals surface area contributed by atoms with Gasteiger partial charge in [0.1, 0.15) is 5.84 Å². The molecule has 0 radical (unpaired) electrons. The summed E-state index contributed by atoms with van der Waals surface area (Å²) in [6, 6.07) is 13.3. The summed E-state index contributed by atoms with van der Waals surface area (Å²) in [6.45, 7) is 0.511. The Kier molecular flexibility index (Phi) is 4.79. The molecule has 0 atom stereocenters. The molecule has 3 N–H and O–H groups in total. The number of amidine groups is 1. The van der Waals surface area contributed by atoms with E-state index in [9.17, 15) is 0 Å². The highest BCUT2D eigenvalue weighted by molar-refractivity contribution is 6.33. The van der Waals surface area contributed by atoms with Crippen molar-refractivity contribution in [1.29, 1.82) is 0 Å². The summed E-state index contributed by atoms with van der Waals surface area (Å²) in [7, 11) is 0. The Balaban J connectivity index is 2.32. The number of anilines is 2. The van der Waals surface area contributed by atoms with Crippen LogP contribution in [0.5, 0.6) is 0 Å². The van der Waals surface area contributed by atoms with E-state index in [2.05, 4.69) is 10.1 Å². The Morgan fingerprint density at radius 1 is 1.25 bits per heavy atom. The van der Waals surface area contributed by atoms with E-state index >= 15 is 0 Å². The van der Waals surface area contributed by atoms with Gasteiger partial charge in [-0.1, -0.05) is 35.0 Å². The van der Waals surface area contributed by atoms with E-state index in [1.165, 1.54) is 0 Å². The van der Waals surface area contributed by atoms with Crippen molar-refractivity contribution < 1.29 is 5.21 Å². The molecule has 0 unspecified atom stereocenters. The van der Waals surface area contributed by atoms with Gasteiger partial charge in [0.2, 0.25) is 0 Å². The third kappa shape index (κ3) is 3.39. The van der Waals surface area contributed by atoms with Gasteiger partial charge in [0, 0.05) is 24.8 Å². The molecule has 104 valence electrons. The molecule has 0 aliphatic carbocycles. The lowest BCUT2D eigenvalue weighted by Gasteiger charge is -2.24. The summed E-state index contributed by atoms with van der Waals surface area (Å²) in [5.74, 6) is 0.809. The predicted octanol–water partition coefficient (Wildman–Crippen LogP) is 3.01. The van der Waals surface area contributed by atoms with Gasteiger partial charge in [-0.3, -0.25) is 0 Å². The highest BCUT2D eigenvalue weighted by Crippen LogP contribution is 2.29. The molecule has 1 heterocycles. The first kappa shape index (κ1) is 14.1. The molecule has 2 rings (SSSR count). The van der Waals surface area contributed by atoms with E-state index in [4.69, 9.17) is 22.5 Å². The maximum absolute atomic E-state index is 8.65. The molecule has 0 bridgehead atoms. The third-order valence-electron chi connectivity index (χ3n) is 2.78. The highest BCUT2D eigenvalue weighted by atomic mass is 35.5. The lowest BCUT2D eigenvalue weighted by molar-refractivity contribution is 0.317. The van der Waals surface area contributed by atoms with Crippen molar-refractivity contribution >= 4 is 28.9 Å². The number of hydrogen-bond donors (Lipinski definition) is 2. The number of halogens is 1. The number of hydrogen-bond acceptors (Lipinski definition) is 4. The quantitative estimate of drug-likeness (QED) is 0.384. The first-order valence-corrected chi connectivity index (χ1v) is 6.49. The normalized spacial score (nSPS) is 11.3. The Morgan fingerprint density at radius 3 is 2.65 bits per heavy atom. The Labute approximate surface area is 122 Å². The van der Waals surface area contributed by atoms with E-state index < -0.39 is 0 Å². The lowest BCUT2D eigenvalue weighted by Crippen LogP contribution is -2.25. The van der Waals surface area contributed by atoms with E-state index in [0.29, 0.717) is 23.8 Å². The van der Waals surface area contributed by atoms with Crippen LogP contribution in [0.4, 0.5) is 11.5 Å². The number of rotatable bonds is 5. The van der Waals surface area contributed by atoms with Crippen molar-refractivity contribution in [1.82, 2.24) is 4.98 Å². The van der Waals surface area contributed by atoms with Gasteiger partial charge in [0.25, 0.3) is 0 Å². The molecule has 5 nitrogen and oxygen atoms in total. The molecule has 0 aliphatic heterocycles. The maximum Gasteiger partial charge on any atom is 0.151 e. The molecular formula is C14H15ClN4O. The lowest BCUT2D eigenvalue weighted by atomic mass is 10.2. The molecule has 1 aromatic heterocycles. The first-order valence-electron chi connectivity index (χ1n) is 6.12. The van der Waals surface area contributed by atoms with Crippen molar-refractivity contribution in [3.8, 4) is 0 Å². The number of pyridine rings is 1. The summed E-state index contributed by atoms with van der Waals surface area (Å²) in [5, 5.41) is 12.2. The SMILES string of the molecule is N/C(CCN(c1ccccc1)c1ncccc1Cl)=N\O. The number of aromatic nitrogens is 1. The molecule has 0 saturated heterocycles. The average molecular weight is 291 g/mol. The molecule has 0 fully saturated rings. The number of nitrogens with two attached hydrogens (primary N) is 1. The van der Waals surface area contributed by atoms with Gasteiger partial charge in [-0.15, -0.1) is 0 Å². The zero-order valence-electron chi connectivity index (χ0n) is 10.8. The van der Waals surface area contributed by atoms with Crippen molar-refractivity contribution in [2.24, 2.45) is 10.9 Å². The van der Waals surface area contributed by atoms with Crippen LogP contribution in [0.3, 0.4) is 0 Å². The molecule has 0 spiro atoms. The monoisotopic (exact) mass is 290 g/mol.